The summed E-state index contributed by atoms with van der Waals surface area (Å²) in [5.41, 5.74) is -0.688. The zero-order chi connectivity index (χ0) is 33.3. The monoisotopic (exact) mass is 659 g/mol. The highest BCUT2D eigenvalue weighted by molar-refractivity contribution is 6.31. The third-order valence-corrected chi connectivity index (χ3v) is 9.19. The summed E-state index contributed by atoms with van der Waals surface area (Å²) >= 11 is 6.61. The van der Waals surface area contributed by atoms with Crippen LogP contribution in [0.1, 0.15) is 48.6 Å². The predicted molar refractivity (Wildman–Crippen MR) is 158 cm³/mol. The minimum absolute atomic E-state index is 0.149. The van der Waals surface area contributed by atoms with Gasteiger partial charge in [-0.25, -0.2) is 26.9 Å². The molecule has 0 radical (unpaired) electrons. The highest BCUT2D eigenvalue weighted by Gasteiger charge is 2.54. The fraction of sp³-hybridized carbons (Fsp3) is 0.344. The number of hydrogen-bond donors (Lipinski definition) is 0. The Hall–Kier alpha value is -4.39. The van der Waals surface area contributed by atoms with Gasteiger partial charge in [-0.3, -0.25) is 24.1 Å². The van der Waals surface area contributed by atoms with E-state index in [1.165, 1.54) is 19.2 Å². The number of rotatable bonds is 6. The first-order chi connectivity index (χ1) is 21.6. The number of likely N-dealkylation sites (tertiary alicyclic amines) is 1. The van der Waals surface area contributed by atoms with Gasteiger partial charge in [-0.15, -0.1) is 0 Å². The van der Waals surface area contributed by atoms with Crippen LogP contribution in [0.4, 0.5) is 22.0 Å². The normalized spacial score (nSPS) is 21.8. The lowest BCUT2D eigenvalue weighted by atomic mass is 9.94. The second-order valence-corrected chi connectivity index (χ2v) is 12.3. The summed E-state index contributed by atoms with van der Waals surface area (Å²) < 4.78 is 81.3. The number of carbonyl (C=O) groups is 1. The first kappa shape index (κ1) is 31.6. The minimum Gasteiger partial charge on any atom is -0.464 e. The van der Waals surface area contributed by atoms with Crippen LogP contribution < -0.4 is 10.3 Å². The molecule has 46 heavy (non-hydrogen) atoms. The molecule has 2 aliphatic rings. The third kappa shape index (κ3) is 5.20. The molecule has 0 aromatic carbocycles. The number of nitrogens with zero attached hydrogens (tertiary/aromatic N) is 5. The summed E-state index contributed by atoms with van der Waals surface area (Å²) in [5.74, 6) is -7.92. The smallest absolute Gasteiger partial charge is 0.303 e. The lowest BCUT2D eigenvalue weighted by Gasteiger charge is -2.20. The molecule has 8 nitrogen and oxygen atoms in total. The zero-order valence-electron chi connectivity index (χ0n) is 25.0. The summed E-state index contributed by atoms with van der Waals surface area (Å²) in [4.78, 5) is 37.9. The van der Waals surface area contributed by atoms with Gasteiger partial charge in [-0.1, -0.05) is 18.5 Å². The molecule has 4 aromatic rings. The number of aryl methyl sites for hydroxylation is 2. The van der Waals surface area contributed by atoms with Crippen molar-refractivity contribution in [2.45, 2.75) is 57.5 Å². The minimum atomic E-state index is -3.48. The molecule has 2 fully saturated rings. The van der Waals surface area contributed by atoms with Crippen molar-refractivity contribution < 1.29 is 31.5 Å². The Bertz CT molecular complexity index is 1970. The van der Waals surface area contributed by atoms with Gasteiger partial charge in [0.1, 0.15) is 16.5 Å². The molecule has 14 heteroatoms. The number of aromatic nitrogens is 4. The fourth-order valence-electron chi connectivity index (χ4n) is 6.10. The fourth-order valence-corrected chi connectivity index (χ4v) is 6.37. The number of amides is 1. The SMILES string of the molecule is CC(=O)N1CC(Oc2nccc(-c3ncc(C)c(-n4c(C)cc([C@@H]5C[C@]5(C)c5cncc(F)c5)c(Cl)c4=O)c3F)c2F)C(F)(F)C1. The lowest BCUT2D eigenvalue weighted by Crippen LogP contribution is -2.37. The van der Waals surface area contributed by atoms with Crippen molar-refractivity contribution in [2.24, 2.45) is 0 Å². The van der Waals surface area contributed by atoms with Crippen molar-refractivity contribution in [2.75, 3.05) is 13.1 Å². The number of carbonyl (C=O) groups excluding carboxylic acids is 1. The molecule has 6 rings (SSSR count). The van der Waals surface area contributed by atoms with Crippen LogP contribution in [0, 0.1) is 31.3 Å². The number of pyridine rings is 4. The largest absolute Gasteiger partial charge is 0.464 e. The van der Waals surface area contributed by atoms with Crippen molar-refractivity contribution in [3.63, 3.8) is 0 Å². The summed E-state index contributed by atoms with van der Waals surface area (Å²) in [7, 11) is 0. The molecule has 0 N–H and O–H groups in total. The third-order valence-electron chi connectivity index (χ3n) is 8.81. The lowest BCUT2D eigenvalue weighted by molar-refractivity contribution is -0.129. The van der Waals surface area contributed by atoms with Crippen LogP contribution in [-0.4, -0.2) is 55.4 Å². The van der Waals surface area contributed by atoms with Crippen LogP contribution in [0.3, 0.4) is 0 Å². The van der Waals surface area contributed by atoms with Crippen molar-refractivity contribution in [3.05, 3.63) is 98.2 Å². The van der Waals surface area contributed by atoms with Gasteiger partial charge in [0.25, 0.3) is 11.4 Å². The molecular weight excluding hydrogens is 633 g/mol. The van der Waals surface area contributed by atoms with Crippen molar-refractivity contribution in [1.29, 1.82) is 0 Å². The Balaban J connectivity index is 1.37. The standard InChI is InChI=1S/C32H27ClF5N5O3/c1-15-10-41-27(20-5-6-40-29(25(20)35)46-23-13-42(17(3)44)14-32(23,37)38)26(36)28(15)43-16(2)7-21(24(33)30(43)45)22-9-31(22,4)18-8-19(34)12-39-11-18/h5-8,10-12,22-23H,9,13-14H2,1-4H3/t22-,23?,31+/m0/s1. The molecule has 1 aliphatic carbocycles. The molecule has 1 aliphatic heterocycles. The van der Waals surface area contributed by atoms with E-state index in [0.29, 0.717) is 23.2 Å². The average molecular weight is 660 g/mol. The van der Waals surface area contributed by atoms with Gasteiger partial charge in [-0.05, 0) is 61.1 Å². The van der Waals surface area contributed by atoms with Crippen molar-refractivity contribution in [3.8, 4) is 22.8 Å². The Morgan fingerprint density at radius 1 is 1.09 bits per heavy atom. The van der Waals surface area contributed by atoms with Crippen LogP contribution in [0.2, 0.25) is 5.02 Å². The molecule has 0 bridgehead atoms. The summed E-state index contributed by atoms with van der Waals surface area (Å²) in [6, 6.07) is 4.15. The van der Waals surface area contributed by atoms with Crippen LogP contribution in [0.25, 0.3) is 16.9 Å². The van der Waals surface area contributed by atoms with Gasteiger partial charge in [0, 0.05) is 42.2 Å². The second-order valence-electron chi connectivity index (χ2n) is 12.0. The first-order valence-corrected chi connectivity index (χ1v) is 14.6. The summed E-state index contributed by atoms with van der Waals surface area (Å²) in [6.45, 7) is 4.75. The predicted octanol–water partition coefficient (Wildman–Crippen LogP) is 6.07. The number of ether oxygens (including phenoxy) is 1. The molecule has 0 spiro atoms. The maximum Gasteiger partial charge on any atom is 0.303 e. The van der Waals surface area contributed by atoms with E-state index in [1.54, 1.807) is 19.2 Å². The topological polar surface area (TPSA) is 90.2 Å². The average Bonchev–Trinajstić information content (AvgIpc) is 3.59. The van der Waals surface area contributed by atoms with E-state index >= 15 is 8.78 Å². The Morgan fingerprint density at radius 2 is 1.83 bits per heavy atom. The molecule has 1 amide bonds. The number of halogens is 6. The molecule has 5 heterocycles. The van der Waals surface area contributed by atoms with E-state index in [-0.39, 0.29) is 22.2 Å². The van der Waals surface area contributed by atoms with E-state index in [2.05, 4.69) is 15.0 Å². The molecule has 4 aromatic heterocycles. The molecule has 1 saturated carbocycles. The van der Waals surface area contributed by atoms with Gasteiger partial charge >= 0.3 is 5.92 Å². The zero-order valence-corrected chi connectivity index (χ0v) is 25.8. The van der Waals surface area contributed by atoms with Crippen LogP contribution >= 0.6 is 11.6 Å². The maximum absolute atomic E-state index is 16.3. The van der Waals surface area contributed by atoms with E-state index in [9.17, 15) is 22.8 Å². The molecule has 1 unspecified atom stereocenters. The van der Waals surface area contributed by atoms with Gasteiger partial charge in [0.15, 0.2) is 17.7 Å². The molecule has 1 saturated heterocycles. The number of hydrogen-bond acceptors (Lipinski definition) is 6. The Labute approximate surface area is 264 Å². The van der Waals surface area contributed by atoms with E-state index in [0.717, 1.165) is 34.9 Å². The van der Waals surface area contributed by atoms with Gasteiger partial charge in [-0.2, -0.15) is 0 Å². The van der Waals surface area contributed by atoms with E-state index in [4.69, 9.17) is 16.3 Å². The van der Waals surface area contributed by atoms with Crippen LogP contribution in [-0.2, 0) is 10.2 Å². The van der Waals surface area contributed by atoms with Crippen molar-refractivity contribution >= 4 is 17.5 Å². The van der Waals surface area contributed by atoms with Gasteiger partial charge < -0.3 is 9.64 Å². The van der Waals surface area contributed by atoms with Crippen LogP contribution in [0.5, 0.6) is 5.88 Å². The summed E-state index contributed by atoms with van der Waals surface area (Å²) in [6.07, 6.45) is 3.66. The maximum atomic E-state index is 16.3. The second kappa shape index (κ2) is 11.1. The molecule has 3 atom stereocenters. The van der Waals surface area contributed by atoms with Gasteiger partial charge in [0.05, 0.1) is 25.0 Å². The molecular formula is C32H27ClF5N5O3. The summed E-state index contributed by atoms with van der Waals surface area (Å²) in [5, 5.41) is -0.149. The van der Waals surface area contributed by atoms with Crippen LogP contribution in [0.15, 0.2) is 47.8 Å². The van der Waals surface area contributed by atoms with E-state index in [1.807, 2.05) is 6.92 Å². The first-order valence-electron chi connectivity index (χ1n) is 14.3. The molecule has 240 valence electrons. The Kier molecular flexibility index (Phi) is 7.65. The highest BCUT2D eigenvalue weighted by atomic mass is 35.5. The Morgan fingerprint density at radius 3 is 2.50 bits per heavy atom. The number of alkyl halides is 2. The van der Waals surface area contributed by atoms with Crippen molar-refractivity contribution in [1.82, 2.24) is 24.4 Å². The van der Waals surface area contributed by atoms with Gasteiger partial charge in [0.2, 0.25) is 5.91 Å². The quantitative estimate of drug-likeness (QED) is 0.234. The highest BCUT2D eigenvalue weighted by Crippen LogP contribution is 2.61. The van der Waals surface area contributed by atoms with E-state index < -0.39 is 76.6 Å².